The van der Waals surface area contributed by atoms with Crippen molar-refractivity contribution in [3.63, 3.8) is 0 Å². The molecule has 1 N–H and O–H groups in total. The maximum Gasteiger partial charge on any atom is 0.201 e. The van der Waals surface area contributed by atoms with E-state index in [4.69, 9.17) is 21.1 Å². The Hall–Kier alpha value is -3.31. The van der Waals surface area contributed by atoms with Crippen molar-refractivity contribution in [2.45, 2.75) is 5.54 Å². The van der Waals surface area contributed by atoms with Crippen LogP contribution in [0.4, 0.5) is 5.69 Å². The molecule has 29 heavy (non-hydrogen) atoms. The highest BCUT2D eigenvalue weighted by molar-refractivity contribution is 6.34. The number of hydrogen-bond donors (Lipinski definition) is 1. The molecule has 0 bridgehead atoms. The van der Waals surface area contributed by atoms with Crippen LogP contribution in [0.5, 0.6) is 11.5 Å². The molecule has 0 spiro atoms. The van der Waals surface area contributed by atoms with Gasteiger partial charge in [0, 0.05) is 16.8 Å². The number of hydrogen-bond acceptors (Lipinski definition) is 5. The fourth-order valence-corrected chi connectivity index (χ4v) is 3.89. The normalized spacial score (nSPS) is 14.4. The van der Waals surface area contributed by atoms with Gasteiger partial charge in [-0.25, -0.2) is 0 Å². The number of rotatable bonds is 5. The van der Waals surface area contributed by atoms with Crippen LogP contribution in [0.3, 0.4) is 0 Å². The lowest BCUT2D eigenvalue weighted by atomic mass is 9.84. The third kappa shape index (κ3) is 2.95. The fourth-order valence-electron chi connectivity index (χ4n) is 3.64. The van der Waals surface area contributed by atoms with E-state index in [0.29, 0.717) is 38.9 Å². The van der Waals surface area contributed by atoms with Crippen molar-refractivity contribution in [1.82, 2.24) is 0 Å². The molecule has 0 saturated heterocycles. The largest absolute Gasteiger partial charge is 0.497 e. The Morgan fingerprint density at radius 1 is 0.828 bits per heavy atom. The van der Waals surface area contributed by atoms with Crippen LogP contribution >= 0.6 is 11.6 Å². The average molecular weight is 408 g/mol. The Balaban J connectivity index is 1.88. The lowest BCUT2D eigenvalue weighted by Crippen LogP contribution is -2.46. The first-order valence-electron chi connectivity index (χ1n) is 8.96. The first kappa shape index (κ1) is 19.0. The second-order valence-corrected chi connectivity index (χ2v) is 7.06. The Bertz CT molecular complexity index is 1070. The van der Waals surface area contributed by atoms with E-state index in [9.17, 15) is 9.59 Å². The third-order valence-corrected chi connectivity index (χ3v) is 5.40. The number of carbonyl (C=O) groups excluding carboxylic acids is 2. The van der Waals surface area contributed by atoms with Crippen molar-refractivity contribution in [2.24, 2.45) is 0 Å². The molecule has 0 atom stereocenters. The number of methoxy groups -OCH3 is 2. The zero-order valence-electron chi connectivity index (χ0n) is 15.9. The van der Waals surface area contributed by atoms with Crippen LogP contribution in [0.15, 0.2) is 66.7 Å². The number of carbonyl (C=O) groups is 2. The van der Waals surface area contributed by atoms with Gasteiger partial charge in [0.15, 0.2) is 5.54 Å². The molecule has 0 radical (unpaired) electrons. The number of Topliss-reactive ketones (excluding diaryl/α,β-unsaturated/α-hetero) is 2. The summed E-state index contributed by atoms with van der Waals surface area (Å²) in [5, 5.41) is 3.54. The van der Waals surface area contributed by atoms with Crippen LogP contribution in [0, 0.1) is 0 Å². The summed E-state index contributed by atoms with van der Waals surface area (Å²) in [5.74, 6) is 0.514. The molecule has 6 heteroatoms. The quantitative estimate of drug-likeness (QED) is 0.618. The Labute approximate surface area is 173 Å². The molecule has 0 aliphatic heterocycles. The maximum absolute atomic E-state index is 13.5. The van der Waals surface area contributed by atoms with Gasteiger partial charge >= 0.3 is 0 Å². The first-order chi connectivity index (χ1) is 14.0. The lowest BCUT2D eigenvalue weighted by Gasteiger charge is -2.29. The summed E-state index contributed by atoms with van der Waals surface area (Å²) in [6.07, 6.45) is 0. The molecule has 0 saturated carbocycles. The molecule has 0 fully saturated rings. The first-order valence-corrected chi connectivity index (χ1v) is 9.34. The predicted molar refractivity (Wildman–Crippen MR) is 111 cm³/mol. The van der Waals surface area contributed by atoms with Crippen LogP contribution in [0.1, 0.15) is 26.3 Å². The van der Waals surface area contributed by atoms with E-state index in [1.165, 1.54) is 7.11 Å². The molecular formula is C23H18ClNO4. The van der Waals surface area contributed by atoms with Gasteiger partial charge in [-0.15, -0.1) is 0 Å². The molecule has 0 heterocycles. The molecule has 4 rings (SSSR count). The highest BCUT2D eigenvalue weighted by Crippen LogP contribution is 2.41. The van der Waals surface area contributed by atoms with Gasteiger partial charge in [0.05, 0.1) is 19.2 Å². The van der Waals surface area contributed by atoms with Crippen molar-refractivity contribution in [1.29, 1.82) is 0 Å². The van der Waals surface area contributed by atoms with Gasteiger partial charge in [-0.2, -0.15) is 0 Å². The van der Waals surface area contributed by atoms with Crippen LogP contribution in [-0.2, 0) is 5.54 Å². The molecule has 3 aromatic rings. The molecule has 1 aliphatic rings. The Kier molecular flexibility index (Phi) is 4.76. The van der Waals surface area contributed by atoms with Crippen LogP contribution in [0.25, 0.3) is 0 Å². The van der Waals surface area contributed by atoms with Gasteiger partial charge < -0.3 is 14.8 Å². The lowest BCUT2D eigenvalue weighted by molar-refractivity contribution is 0.0818. The van der Waals surface area contributed by atoms with Crippen LogP contribution in [-0.4, -0.2) is 25.8 Å². The predicted octanol–water partition coefficient (Wildman–Crippen LogP) is 4.74. The number of nitrogens with one attached hydrogen (secondary N) is 1. The topological polar surface area (TPSA) is 64.6 Å². The summed E-state index contributed by atoms with van der Waals surface area (Å²) >= 11 is 6.26. The van der Waals surface area contributed by atoms with Crippen LogP contribution < -0.4 is 14.8 Å². The molecule has 0 unspecified atom stereocenters. The van der Waals surface area contributed by atoms with E-state index in [1.54, 1.807) is 73.8 Å². The van der Waals surface area contributed by atoms with Gasteiger partial charge in [-0.05, 0) is 35.9 Å². The zero-order valence-corrected chi connectivity index (χ0v) is 16.6. The minimum absolute atomic E-state index is 0.310. The van der Waals surface area contributed by atoms with Crippen molar-refractivity contribution in [3.8, 4) is 11.5 Å². The molecule has 3 aromatic carbocycles. The average Bonchev–Trinajstić information content (AvgIpc) is 2.97. The third-order valence-electron chi connectivity index (χ3n) is 5.10. The minimum atomic E-state index is -1.59. The second-order valence-electron chi connectivity index (χ2n) is 6.66. The van der Waals surface area contributed by atoms with E-state index in [-0.39, 0.29) is 11.6 Å². The smallest absolute Gasteiger partial charge is 0.201 e. The van der Waals surface area contributed by atoms with Gasteiger partial charge in [-0.3, -0.25) is 9.59 Å². The van der Waals surface area contributed by atoms with Gasteiger partial charge in [0.2, 0.25) is 11.6 Å². The van der Waals surface area contributed by atoms with E-state index in [0.717, 1.165) is 0 Å². The number of ketones is 2. The van der Waals surface area contributed by atoms with Crippen LogP contribution in [0.2, 0.25) is 5.02 Å². The standard InChI is InChI=1S/C23H18ClNO4/c1-28-16-10-7-14(8-11-16)23(25-15-9-12-20(29-2)19(24)13-15)21(26)17-5-3-4-6-18(17)22(23)27/h3-13,25H,1-2H3. The summed E-state index contributed by atoms with van der Waals surface area (Å²) in [6.45, 7) is 0. The molecule has 5 nitrogen and oxygen atoms in total. The summed E-state index contributed by atoms with van der Waals surface area (Å²) in [7, 11) is 3.08. The number of benzene rings is 3. The van der Waals surface area contributed by atoms with Crippen molar-refractivity contribution >= 4 is 28.9 Å². The molecule has 0 amide bonds. The number of halogens is 1. The van der Waals surface area contributed by atoms with Gasteiger partial charge in [0.1, 0.15) is 11.5 Å². The van der Waals surface area contributed by atoms with Gasteiger partial charge in [0.25, 0.3) is 0 Å². The SMILES string of the molecule is COc1ccc(C2(Nc3ccc(OC)c(Cl)c3)C(=O)c3ccccc3C2=O)cc1. The van der Waals surface area contributed by atoms with Crippen molar-refractivity contribution in [3.05, 3.63) is 88.4 Å². The zero-order chi connectivity index (χ0) is 20.6. The summed E-state index contributed by atoms with van der Waals surface area (Å²) < 4.78 is 10.4. The van der Waals surface area contributed by atoms with Gasteiger partial charge in [-0.1, -0.05) is 48.0 Å². The highest BCUT2D eigenvalue weighted by atomic mass is 35.5. The molecular weight excluding hydrogens is 390 g/mol. The van der Waals surface area contributed by atoms with E-state index in [2.05, 4.69) is 5.32 Å². The number of fused-ring (bicyclic) bond motifs is 1. The van der Waals surface area contributed by atoms with E-state index < -0.39 is 5.54 Å². The number of ether oxygens (including phenoxy) is 2. The van der Waals surface area contributed by atoms with Crippen molar-refractivity contribution in [2.75, 3.05) is 19.5 Å². The van der Waals surface area contributed by atoms with E-state index >= 15 is 0 Å². The molecule has 0 aromatic heterocycles. The summed E-state index contributed by atoms with van der Waals surface area (Å²) in [5.41, 5.74) is 0.242. The molecule has 146 valence electrons. The van der Waals surface area contributed by atoms with Crippen molar-refractivity contribution < 1.29 is 19.1 Å². The number of anilines is 1. The maximum atomic E-state index is 13.5. The minimum Gasteiger partial charge on any atom is -0.497 e. The Morgan fingerprint density at radius 2 is 1.45 bits per heavy atom. The highest BCUT2D eigenvalue weighted by Gasteiger charge is 2.54. The monoisotopic (exact) mass is 407 g/mol. The summed E-state index contributed by atoms with van der Waals surface area (Å²) in [6, 6.07) is 18.8. The molecule has 1 aliphatic carbocycles. The second kappa shape index (κ2) is 7.26. The fraction of sp³-hybridized carbons (Fsp3) is 0.130. The van der Waals surface area contributed by atoms with E-state index in [1.807, 2.05) is 0 Å². The Morgan fingerprint density at radius 3 is 1.97 bits per heavy atom. The summed E-state index contributed by atoms with van der Waals surface area (Å²) in [4.78, 5) is 27.0.